The number of thiol groups is 1. The summed E-state index contributed by atoms with van der Waals surface area (Å²) >= 11 is 3.64. The third kappa shape index (κ3) is 1.65. The van der Waals surface area contributed by atoms with Gasteiger partial charge in [0, 0.05) is 6.61 Å². The lowest BCUT2D eigenvalue weighted by Gasteiger charge is -2.19. The summed E-state index contributed by atoms with van der Waals surface area (Å²) in [6.45, 7) is 0.825. The van der Waals surface area contributed by atoms with E-state index < -0.39 is 0 Å². The van der Waals surface area contributed by atoms with E-state index in [1.807, 2.05) is 0 Å². The first kappa shape index (κ1) is 6.39. The third-order valence-electron chi connectivity index (χ3n) is 1.26. The lowest BCUT2D eigenvalue weighted by Crippen LogP contribution is -2.18. The van der Waals surface area contributed by atoms with Crippen molar-refractivity contribution < 1.29 is 8.92 Å². The molecule has 0 radical (unpaired) electrons. The number of hydrogen-bond acceptors (Lipinski definition) is 3. The highest BCUT2D eigenvalue weighted by Gasteiger charge is 2.11. The first-order valence-electron chi connectivity index (χ1n) is 2.85. The zero-order valence-electron chi connectivity index (χ0n) is 4.67. The smallest absolute Gasteiger partial charge is 0.170 e. The molecule has 0 aromatic heterocycles. The quantitative estimate of drug-likeness (QED) is 0.431. The van der Waals surface area contributed by atoms with Crippen LogP contribution in [0.15, 0.2) is 0 Å². The van der Waals surface area contributed by atoms with Crippen molar-refractivity contribution in [2.45, 2.75) is 25.6 Å². The molecule has 0 aromatic carbocycles. The molecule has 0 N–H and O–H groups in total. The molecule has 1 rings (SSSR count). The Hall–Kier alpha value is 0.270. The van der Waals surface area contributed by atoms with Crippen LogP contribution in [0.25, 0.3) is 0 Å². The van der Waals surface area contributed by atoms with Crippen molar-refractivity contribution in [1.82, 2.24) is 0 Å². The molecular formula is C5H10O2S. The molecule has 1 saturated heterocycles. The van der Waals surface area contributed by atoms with Crippen LogP contribution in [-0.4, -0.2) is 12.9 Å². The molecule has 3 heteroatoms. The minimum atomic E-state index is -0.0490. The summed E-state index contributed by atoms with van der Waals surface area (Å²) in [5.41, 5.74) is 0. The molecule has 0 aromatic rings. The minimum absolute atomic E-state index is 0.0490. The van der Waals surface area contributed by atoms with Gasteiger partial charge in [-0.1, -0.05) is 0 Å². The Labute approximate surface area is 54.8 Å². The molecule has 0 saturated carbocycles. The molecule has 48 valence electrons. The number of hydrogen-bond donors (Lipinski definition) is 1. The monoisotopic (exact) mass is 134 g/mol. The molecule has 1 unspecified atom stereocenters. The van der Waals surface area contributed by atoms with Crippen molar-refractivity contribution in [3.05, 3.63) is 0 Å². The third-order valence-corrected chi connectivity index (χ3v) is 1.49. The van der Waals surface area contributed by atoms with Crippen LogP contribution in [0.1, 0.15) is 19.3 Å². The van der Waals surface area contributed by atoms with Crippen molar-refractivity contribution in [3.63, 3.8) is 0 Å². The standard InChI is InChI=1S/C5H10O2S/c8-7-5-3-1-2-4-6-5/h5,8H,1-4H2. The summed E-state index contributed by atoms with van der Waals surface area (Å²) in [6.07, 6.45) is 3.30. The van der Waals surface area contributed by atoms with E-state index in [-0.39, 0.29) is 6.29 Å². The van der Waals surface area contributed by atoms with E-state index in [0.29, 0.717) is 0 Å². The van der Waals surface area contributed by atoms with Crippen molar-refractivity contribution >= 4 is 12.9 Å². The highest BCUT2D eigenvalue weighted by Crippen LogP contribution is 2.13. The van der Waals surface area contributed by atoms with Gasteiger partial charge in [0.15, 0.2) is 6.29 Å². The molecule has 2 nitrogen and oxygen atoms in total. The molecule has 0 amide bonds. The fourth-order valence-electron chi connectivity index (χ4n) is 0.794. The predicted octanol–water partition coefficient (Wildman–Crippen LogP) is 1.37. The largest absolute Gasteiger partial charge is 0.352 e. The van der Waals surface area contributed by atoms with Crippen LogP contribution in [0, 0.1) is 0 Å². The zero-order chi connectivity index (χ0) is 5.82. The van der Waals surface area contributed by atoms with Crippen molar-refractivity contribution in [2.75, 3.05) is 6.61 Å². The molecule has 1 heterocycles. The van der Waals surface area contributed by atoms with E-state index in [2.05, 4.69) is 17.1 Å². The summed E-state index contributed by atoms with van der Waals surface area (Å²) in [4.78, 5) is 0. The zero-order valence-corrected chi connectivity index (χ0v) is 5.56. The minimum Gasteiger partial charge on any atom is -0.352 e. The Morgan fingerprint density at radius 1 is 1.50 bits per heavy atom. The normalized spacial score (nSPS) is 30.4. The summed E-state index contributed by atoms with van der Waals surface area (Å²) in [7, 11) is 0. The highest BCUT2D eigenvalue weighted by molar-refractivity contribution is 7.75. The van der Waals surface area contributed by atoms with Gasteiger partial charge in [0.05, 0.1) is 0 Å². The van der Waals surface area contributed by atoms with E-state index in [1.165, 1.54) is 6.42 Å². The molecular weight excluding hydrogens is 124 g/mol. The van der Waals surface area contributed by atoms with Crippen LogP contribution >= 0.6 is 12.9 Å². The fraction of sp³-hybridized carbons (Fsp3) is 1.00. The summed E-state index contributed by atoms with van der Waals surface area (Å²) in [5.74, 6) is 0. The second-order valence-electron chi connectivity index (χ2n) is 1.90. The average molecular weight is 134 g/mol. The van der Waals surface area contributed by atoms with Gasteiger partial charge in [-0.3, -0.25) is 4.18 Å². The Morgan fingerprint density at radius 3 is 2.75 bits per heavy atom. The van der Waals surface area contributed by atoms with Crippen LogP contribution in [0.2, 0.25) is 0 Å². The van der Waals surface area contributed by atoms with E-state index in [9.17, 15) is 0 Å². The molecule has 0 bridgehead atoms. The Balaban J connectivity index is 2.13. The van der Waals surface area contributed by atoms with Crippen LogP contribution in [-0.2, 0) is 8.92 Å². The number of rotatable bonds is 1. The lowest BCUT2D eigenvalue weighted by atomic mass is 10.2. The second kappa shape index (κ2) is 3.33. The van der Waals surface area contributed by atoms with Gasteiger partial charge >= 0.3 is 0 Å². The lowest BCUT2D eigenvalue weighted by molar-refractivity contribution is -0.0942. The van der Waals surface area contributed by atoms with Crippen LogP contribution in [0.3, 0.4) is 0 Å². The van der Waals surface area contributed by atoms with Crippen molar-refractivity contribution in [2.24, 2.45) is 0 Å². The Bertz CT molecular complexity index is 61.4. The average Bonchev–Trinajstić information content (AvgIpc) is 1.90. The van der Waals surface area contributed by atoms with Gasteiger partial charge in [0.1, 0.15) is 0 Å². The van der Waals surface area contributed by atoms with Gasteiger partial charge < -0.3 is 4.74 Å². The molecule has 1 aliphatic rings. The Kier molecular flexibility index (Phi) is 2.66. The van der Waals surface area contributed by atoms with Gasteiger partial charge in [-0.15, -0.1) is 0 Å². The first-order chi connectivity index (χ1) is 3.93. The second-order valence-corrected chi connectivity index (χ2v) is 2.11. The van der Waals surface area contributed by atoms with E-state index in [4.69, 9.17) is 4.74 Å². The topological polar surface area (TPSA) is 18.5 Å². The fourth-order valence-corrected chi connectivity index (χ4v) is 0.961. The SMILES string of the molecule is SOC1CCCCO1. The summed E-state index contributed by atoms with van der Waals surface area (Å²) in [6, 6.07) is 0. The van der Waals surface area contributed by atoms with Gasteiger partial charge in [-0.2, -0.15) is 0 Å². The molecule has 1 aliphatic heterocycles. The first-order valence-corrected chi connectivity index (χ1v) is 3.22. The van der Waals surface area contributed by atoms with Gasteiger partial charge in [-0.25, -0.2) is 0 Å². The predicted molar refractivity (Wildman–Crippen MR) is 33.7 cm³/mol. The van der Waals surface area contributed by atoms with Gasteiger partial charge in [0.2, 0.25) is 0 Å². The van der Waals surface area contributed by atoms with Crippen molar-refractivity contribution in [1.29, 1.82) is 0 Å². The maximum absolute atomic E-state index is 5.13. The van der Waals surface area contributed by atoms with Gasteiger partial charge in [-0.05, 0) is 32.2 Å². The Morgan fingerprint density at radius 2 is 2.38 bits per heavy atom. The van der Waals surface area contributed by atoms with Crippen molar-refractivity contribution in [3.8, 4) is 0 Å². The summed E-state index contributed by atoms with van der Waals surface area (Å²) in [5, 5.41) is 0. The van der Waals surface area contributed by atoms with E-state index in [0.717, 1.165) is 19.4 Å². The molecule has 1 fully saturated rings. The van der Waals surface area contributed by atoms with E-state index >= 15 is 0 Å². The highest BCUT2D eigenvalue weighted by atomic mass is 32.1. The summed E-state index contributed by atoms with van der Waals surface area (Å²) < 4.78 is 9.79. The molecule has 1 atom stereocenters. The maximum Gasteiger partial charge on any atom is 0.170 e. The van der Waals surface area contributed by atoms with Crippen LogP contribution < -0.4 is 0 Å². The molecule has 8 heavy (non-hydrogen) atoms. The van der Waals surface area contributed by atoms with E-state index in [1.54, 1.807) is 0 Å². The number of ether oxygens (including phenoxy) is 1. The molecule has 0 spiro atoms. The molecule has 0 aliphatic carbocycles. The van der Waals surface area contributed by atoms with Crippen LogP contribution in [0.4, 0.5) is 0 Å². The van der Waals surface area contributed by atoms with Gasteiger partial charge in [0.25, 0.3) is 0 Å². The maximum atomic E-state index is 5.13. The van der Waals surface area contributed by atoms with Crippen LogP contribution in [0.5, 0.6) is 0 Å².